The molecule has 0 aromatic heterocycles. The van der Waals surface area contributed by atoms with Crippen LogP contribution in [0.4, 0.5) is 0 Å². The molecule has 1 saturated heterocycles. The molecule has 3 heteroatoms. The Balaban J connectivity index is 2.52. The Labute approximate surface area is 87.2 Å². The van der Waals surface area contributed by atoms with E-state index >= 15 is 0 Å². The quantitative estimate of drug-likeness (QED) is 0.730. The second-order valence-electron chi connectivity index (χ2n) is 4.59. The molecule has 14 heavy (non-hydrogen) atoms. The van der Waals surface area contributed by atoms with E-state index in [2.05, 4.69) is 26.1 Å². The second kappa shape index (κ2) is 5.10. The van der Waals surface area contributed by atoms with Crippen LogP contribution in [0, 0.1) is 5.41 Å². The van der Waals surface area contributed by atoms with Crippen LogP contribution in [-0.2, 0) is 9.47 Å². The number of nitrogens with one attached hydrogen (secondary N) is 1. The van der Waals surface area contributed by atoms with E-state index in [1.54, 1.807) is 7.11 Å². The molecule has 0 amide bonds. The van der Waals surface area contributed by atoms with Crippen molar-refractivity contribution < 1.29 is 9.47 Å². The predicted molar refractivity (Wildman–Crippen MR) is 57.5 cm³/mol. The van der Waals surface area contributed by atoms with Gasteiger partial charge in [-0.15, -0.1) is 0 Å². The predicted octanol–water partition coefficient (Wildman–Crippen LogP) is 1.43. The van der Waals surface area contributed by atoms with Gasteiger partial charge in [0, 0.05) is 31.7 Å². The van der Waals surface area contributed by atoms with Crippen LogP contribution in [-0.4, -0.2) is 39.0 Å². The molecule has 1 heterocycles. The molecule has 0 aromatic rings. The van der Waals surface area contributed by atoms with Crippen LogP contribution in [0.2, 0.25) is 0 Å². The summed E-state index contributed by atoms with van der Waals surface area (Å²) in [6, 6.07) is 0.525. The zero-order valence-corrected chi connectivity index (χ0v) is 9.80. The first-order chi connectivity index (χ1) is 6.60. The van der Waals surface area contributed by atoms with Crippen molar-refractivity contribution in [1.82, 2.24) is 5.32 Å². The van der Waals surface area contributed by atoms with Crippen molar-refractivity contribution in [3.05, 3.63) is 0 Å². The molecule has 3 nitrogen and oxygen atoms in total. The molecule has 0 aromatic carbocycles. The fourth-order valence-electron chi connectivity index (χ4n) is 1.99. The highest BCUT2D eigenvalue weighted by Crippen LogP contribution is 2.34. The van der Waals surface area contributed by atoms with Crippen molar-refractivity contribution in [2.24, 2.45) is 5.41 Å². The zero-order valence-electron chi connectivity index (χ0n) is 9.80. The Morgan fingerprint density at radius 3 is 2.71 bits per heavy atom. The standard InChI is InChI=1S/C11H23NO2/c1-9(2)12-7-11(8-13-4)5-6-14-10(11)3/h9-10,12H,5-8H2,1-4H3. The van der Waals surface area contributed by atoms with E-state index < -0.39 is 0 Å². The van der Waals surface area contributed by atoms with E-state index in [0.717, 1.165) is 26.2 Å². The SMILES string of the molecule is COCC1(CNC(C)C)CCOC1C. The first-order valence-electron chi connectivity index (χ1n) is 5.44. The minimum absolute atomic E-state index is 0.180. The number of ether oxygens (including phenoxy) is 2. The van der Waals surface area contributed by atoms with E-state index in [-0.39, 0.29) is 5.41 Å². The van der Waals surface area contributed by atoms with Gasteiger partial charge in [-0.2, -0.15) is 0 Å². The maximum Gasteiger partial charge on any atom is 0.0638 e. The maximum absolute atomic E-state index is 5.63. The summed E-state index contributed by atoms with van der Waals surface area (Å²) in [6.07, 6.45) is 1.40. The van der Waals surface area contributed by atoms with Gasteiger partial charge < -0.3 is 14.8 Å². The molecule has 2 unspecified atom stereocenters. The summed E-state index contributed by atoms with van der Waals surface area (Å²) in [5.74, 6) is 0. The lowest BCUT2D eigenvalue weighted by atomic mass is 9.82. The third-order valence-corrected chi connectivity index (χ3v) is 3.12. The number of rotatable bonds is 5. The molecule has 1 rings (SSSR count). The molecule has 1 N–H and O–H groups in total. The third-order valence-electron chi connectivity index (χ3n) is 3.12. The third kappa shape index (κ3) is 2.69. The Kier molecular flexibility index (Phi) is 4.35. The van der Waals surface area contributed by atoms with Crippen LogP contribution < -0.4 is 5.32 Å². The molecule has 0 aliphatic carbocycles. The van der Waals surface area contributed by atoms with Crippen LogP contribution in [0.25, 0.3) is 0 Å². The van der Waals surface area contributed by atoms with Gasteiger partial charge in [-0.05, 0) is 13.3 Å². The fraction of sp³-hybridized carbons (Fsp3) is 1.00. The van der Waals surface area contributed by atoms with Gasteiger partial charge in [-0.1, -0.05) is 13.8 Å². The maximum atomic E-state index is 5.63. The Morgan fingerprint density at radius 2 is 2.29 bits per heavy atom. The van der Waals surface area contributed by atoms with Crippen LogP contribution in [0.15, 0.2) is 0 Å². The van der Waals surface area contributed by atoms with E-state index in [1.165, 1.54) is 0 Å². The zero-order chi connectivity index (χ0) is 10.6. The molecule has 0 radical (unpaired) electrons. The van der Waals surface area contributed by atoms with Gasteiger partial charge in [0.1, 0.15) is 0 Å². The van der Waals surface area contributed by atoms with Crippen LogP contribution in [0.1, 0.15) is 27.2 Å². The van der Waals surface area contributed by atoms with Crippen molar-refractivity contribution in [2.75, 3.05) is 26.9 Å². The Morgan fingerprint density at radius 1 is 1.57 bits per heavy atom. The number of hydrogen-bond donors (Lipinski definition) is 1. The smallest absolute Gasteiger partial charge is 0.0638 e. The molecule has 1 aliphatic heterocycles. The van der Waals surface area contributed by atoms with E-state index in [1.807, 2.05) is 0 Å². The monoisotopic (exact) mass is 201 g/mol. The first-order valence-corrected chi connectivity index (χ1v) is 5.44. The highest BCUT2D eigenvalue weighted by Gasteiger charge is 2.41. The molecule has 84 valence electrons. The summed E-state index contributed by atoms with van der Waals surface area (Å²) in [7, 11) is 1.77. The Bertz CT molecular complexity index is 173. The van der Waals surface area contributed by atoms with Crippen molar-refractivity contribution in [1.29, 1.82) is 0 Å². The fourth-order valence-corrected chi connectivity index (χ4v) is 1.99. The number of hydrogen-bond acceptors (Lipinski definition) is 3. The van der Waals surface area contributed by atoms with Crippen LogP contribution in [0.3, 0.4) is 0 Å². The van der Waals surface area contributed by atoms with Gasteiger partial charge in [0.05, 0.1) is 12.7 Å². The highest BCUT2D eigenvalue weighted by molar-refractivity contribution is 4.91. The van der Waals surface area contributed by atoms with Gasteiger partial charge in [-0.25, -0.2) is 0 Å². The minimum Gasteiger partial charge on any atom is -0.384 e. The lowest BCUT2D eigenvalue weighted by molar-refractivity contribution is 0.00992. The average Bonchev–Trinajstić information content (AvgIpc) is 2.46. The van der Waals surface area contributed by atoms with Gasteiger partial charge in [-0.3, -0.25) is 0 Å². The van der Waals surface area contributed by atoms with Crippen molar-refractivity contribution in [3.8, 4) is 0 Å². The van der Waals surface area contributed by atoms with E-state index in [9.17, 15) is 0 Å². The minimum atomic E-state index is 0.180. The van der Waals surface area contributed by atoms with Crippen molar-refractivity contribution in [2.45, 2.75) is 39.3 Å². The van der Waals surface area contributed by atoms with Crippen LogP contribution in [0.5, 0.6) is 0 Å². The number of methoxy groups -OCH3 is 1. The molecule has 1 aliphatic rings. The largest absolute Gasteiger partial charge is 0.384 e. The molecule has 0 bridgehead atoms. The lowest BCUT2D eigenvalue weighted by Crippen LogP contribution is -2.44. The molecule has 2 atom stereocenters. The summed E-state index contributed by atoms with van der Waals surface area (Å²) in [5, 5.41) is 3.48. The van der Waals surface area contributed by atoms with Crippen molar-refractivity contribution >= 4 is 0 Å². The van der Waals surface area contributed by atoms with Crippen molar-refractivity contribution in [3.63, 3.8) is 0 Å². The van der Waals surface area contributed by atoms with Gasteiger partial charge in [0.25, 0.3) is 0 Å². The van der Waals surface area contributed by atoms with Crippen LogP contribution >= 0.6 is 0 Å². The summed E-state index contributed by atoms with van der Waals surface area (Å²) in [5.41, 5.74) is 0.180. The Hall–Kier alpha value is -0.120. The van der Waals surface area contributed by atoms with E-state index in [4.69, 9.17) is 9.47 Å². The highest BCUT2D eigenvalue weighted by atomic mass is 16.5. The van der Waals surface area contributed by atoms with Gasteiger partial charge in [0.2, 0.25) is 0 Å². The van der Waals surface area contributed by atoms with Gasteiger partial charge >= 0.3 is 0 Å². The van der Waals surface area contributed by atoms with Gasteiger partial charge in [0.15, 0.2) is 0 Å². The lowest BCUT2D eigenvalue weighted by Gasteiger charge is -2.32. The normalized spacial score (nSPS) is 32.8. The molecule has 1 fully saturated rings. The summed E-state index contributed by atoms with van der Waals surface area (Å²) in [6.45, 7) is 9.12. The molecular formula is C11H23NO2. The van der Waals surface area contributed by atoms with E-state index in [0.29, 0.717) is 12.1 Å². The summed E-state index contributed by atoms with van der Waals surface area (Å²) < 4.78 is 10.9. The molecule has 0 spiro atoms. The molecule has 0 saturated carbocycles. The summed E-state index contributed by atoms with van der Waals surface area (Å²) >= 11 is 0. The molecular weight excluding hydrogens is 178 g/mol. The average molecular weight is 201 g/mol. The second-order valence-corrected chi connectivity index (χ2v) is 4.59. The summed E-state index contributed by atoms with van der Waals surface area (Å²) in [4.78, 5) is 0. The topological polar surface area (TPSA) is 30.5 Å². The first kappa shape index (κ1) is 12.0.